The Bertz CT molecular complexity index is 513. The molecule has 1 amide bonds. The molecule has 2 rings (SSSR count). The second-order valence-electron chi connectivity index (χ2n) is 5.53. The summed E-state index contributed by atoms with van der Waals surface area (Å²) in [5.74, 6) is -1.04. The van der Waals surface area contributed by atoms with Crippen LogP contribution in [0.15, 0.2) is 21.2 Å². The first kappa shape index (κ1) is 15.1. The number of carboxylic acids is 1. The van der Waals surface area contributed by atoms with E-state index in [1.807, 2.05) is 6.92 Å². The van der Waals surface area contributed by atoms with Crippen LogP contribution in [0.2, 0.25) is 0 Å². The summed E-state index contributed by atoms with van der Waals surface area (Å²) in [6.45, 7) is 2.34. The molecule has 20 heavy (non-hydrogen) atoms. The molecule has 1 saturated carbocycles. The molecule has 5 nitrogen and oxygen atoms in total. The average Bonchev–Trinajstić information content (AvgIpc) is 2.94. The van der Waals surface area contributed by atoms with Crippen LogP contribution in [0.25, 0.3) is 0 Å². The zero-order chi connectivity index (χ0) is 14.9. The highest BCUT2D eigenvalue weighted by Crippen LogP contribution is 2.37. The molecule has 110 valence electrons. The molecule has 1 heterocycles. The van der Waals surface area contributed by atoms with Crippen LogP contribution in [0, 0.1) is 17.8 Å². The highest BCUT2D eigenvalue weighted by atomic mass is 79.9. The Hall–Kier alpha value is -1.30. The first-order chi connectivity index (χ1) is 9.38. The highest BCUT2D eigenvalue weighted by Gasteiger charge is 2.42. The lowest BCUT2D eigenvalue weighted by Gasteiger charge is -2.22. The van der Waals surface area contributed by atoms with E-state index < -0.39 is 17.8 Å². The van der Waals surface area contributed by atoms with Crippen molar-refractivity contribution in [3.8, 4) is 0 Å². The van der Waals surface area contributed by atoms with Gasteiger partial charge in [-0.15, -0.1) is 0 Å². The summed E-state index contributed by atoms with van der Waals surface area (Å²) in [5.41, 5.74) is 0. The van der Waals surface area contributed by atoms with Gasteiger partial charge in [-0.3, -0.25) is 9.59 Å². The quantitative estimate of drug-likeness (QED) is 0.912. The third-order valence-electron chi connectivity index (χ3n) is 3.83. The number of carboxylic acid groups (broad SMARTS) is 1. The first-order valence-electron chi connectivity index (χ1n) is 6.60. The maximum atomic E-state index is 12.4. The smallest absolute Gasteiger partial charge is 0.307 e. The van der Waals surface area contributed by atoms with Gasteiger partial charge in [0.15, 0.2) is 4.67 Å². The van der Waals surface area contributed by atoms with E-state index in [9.17, 15) is 14.7 Å². The fourth-order valence-electron chi connectivity index (χ4n) is 2.87. The monoisotopic (exact) mass is 343 g/mol. The molecule has 3 unspecified atom stereocenters. The van der Waals surface area contributed by atoms with Gasteiger partial charge >= 0.3 is 5.97 Å². The molecule has 1 aliphatic carbocycles. The molecular weight excluding hydrogens is 326 g/mol. The fourth-order valence-corrected chi connectivity index (χ4v) is 3.21. The van der Waals surface area contributed by atoms with Gasteiger partial charge in [0.25, 0.3) is 0 Å². The standard InChI is InChI=1S/C14H18BrNO4/c1-8-5-10(11(6-8)14(18)19)13(17)16(2)7-9-3-4-12(15)20-9/h3-4,8,10-11H,5-7H2,1-2H3,(H,18,19). The second-order valence-corrected chi connectivity index (χ2v) is 6.31. The van der Waals surface area contributed by atoms with Gasteiger partial charge in [-0.2, -0.15) is 0 Å². The van der Waals surface area contributed by atoms with Gasteiger partial charge in [0.05, 0.1) is 18.4 Å². The van der Waals surface area contributed by atoms with Crippen molar-refractivity contribution in [2.75, 3.05) is 7.05 Å². The van der Waals surface area contributed by atoms with Gasteiger partial charge in [0.2, 0.25) is 5.91 Å². The molecule has 0 saturated heterocycles. The topological polar surface area (TPSA) is 70.8 Å². The van der Waals surface area contributed by atoms with Crippen molar-refractivity contribution >= 4 is 27.8 Å². The minimum Gasteiger partial charge on any atom is -0.481 e. The molecule has 1 aromatic heterocycles. The largest absolute Gasteiger partial charge is 0.481 e. The van der Waals surface area contributed by atoms with Gasteiger partial charge in [0.1, 0.15) is 5.76 Å². The summed E-state index contributed by atoms with van der Waals surface area (Å²) in [6, 6.07) is 3.56. The van der Waals surface area contributed by atoms with Crippen molar-refractivity contribution in [3.63, 3.8) is 0 Å². The maximum Gasteiger partial charge on any atom is 0.307 e. The van der Waals surface area contributed by atoms with Crippen molar-refractivity contribution in [3.05, 3.63) is 22.6 Å². The van der Waals surface area contributed by atoms with Gasteiger partial charge in [0, 0.05) is 7.05 Å². The molecule has 1 fully saturated rings. The van der Waals surface area contributed by atoms with Crippen LogP contribution >= 0.6 is 15.9 Å². The summed E-state index contributed by atoms with van der Waals surface area (Å²) in [6.07, 6.45) is 1.22. The molecule has 1 aromatic rings. The van der Waals surface area contributed by atoms with Crippen molar-refractivity contribution in [1.29, 1.82) is 0 Å². The minimum atomic E-state index is -0.873. The number of aliphatic carboxylic acids is 1. The number of carbonyl (C=O) groups is 2. The Morgan fingerprint density at radius 1 is 1.40 bits per heavy atom. The molecule has 0 aromatic carbocycles. The summed E-state index contributed by atoms with van der Waals surface area (Å²) in [5, 5.41) is 9.23. The predicted octanol–water partition coefficient (Wildman–Crippen LogP) is 2.75. The number of nitrogens with zero attached hydrogens (tertiary/aromatic N) is 1. The Morgan fingerprint density at radius 2 is 2.05 bits per heavy atom. The van der Waals surface area contributed by atoms with Gasteiger partial charge in [-0.05, 0) is 46.8 Å². The van der Waals surface area contributed by atoms with Gasteiger partial charge < -0.3 is 14.4 Å². The highest BCUT2D eigenvalue weighted by molar-refractivity contribution is 9.10. The van der Waals surface area contributed by atoms with Crippen molar-refractivity contribution < 1.29 is 19.1 Å². The number of amides is 1. The molecule has 1 aliphatic rings. The van der Waals surface area contributed by atoms with Crippen LogP contribution in [-0.4, -0.2) is 28.9 Å². The first-order valence-corrected chi connectivity index (χ1v) is 7.39. The van der Waals surface area contributed by atoms with Crippen LogP contribution < -0.4 is 0 Å². The fraction of sp³-hybridized carbons (Fsp3) is 0.571. The van der Waals surface area contributed by atoms with E-state index >= 15 is 0 Å². The molecule has 1 N–H and O–H groups in total. The van der Waals surface area contributed by atoms with Crippen molar-refractivity contribution in [2.24, 2.45) is 17.8 Å². The van der Waals surface area contributed by atoms with Crippen LogP contribution in [0.4, 0.5) is 0 Å². The second kappa shape index (κ2) is 5.99. The summed E-state index contributed by atoms with van der Waals surface area (Å²) in [4.78, 5) is 25.2. The van der Waals surface area contributed by atoms with Crippen molar-refractivity contribution in [2.45, 2.75) is 26.3 Å². The number of hydrogen-bond donors (Lipinski definition) is 1. The van der Waals surface area contributed by atoms with Gasteiger partial charge in [-0.25, -0.2) is 0 Å². The van der Waals surface area contributed by atoms with Crippen LogP contribution in [-0.2, 0) is 16.1 Å². The molecule has 6 heteroatoms. The lowest BCUT2D eigenvalue weighted by molar-refractivity contribution is -0.148. The third kappa shape index (κ3) is 3.23. The van der Waals surface area contributed by atoms with Crippen LogP contribution in [0.5, 0.6) is 0 Å². The Labute approximate surface area is 126 Å². The third-order valence-corrected chi connectivity index (χ3v) is 4.26. The number of hydrogen-bond acceptors (Lipinski definition) is 3. The molecule has 3 atom stereocenters. The minimum absolute atomic E-state index is 0.116. The maximum absolute atomic E-state index is 12.4. The molecule has 0 spiro atoms. The Morgan fingerprint density at radius 3 is 2.60 bits per heavy atom. The number of halogens is 1. The van der Waals surface area contributed by atoms with E-state index in [2.05, 4.69) is 15.9 Å². The van der Waals surface area contributed by atoms with Crippen LogP contribution in [0.3, 0.4) is 0 Å². The average molecular weight is 344 g/mol. The van der Waals surface area contributed by atoms with Crippen molar-refractivity contribution in [1.82, 2.24) is 4.90 Å². The van der Waals surface area contributed by atoms with E-state index in [4.69, 9.17) is 4.42 Å². The lowest BCUT2D eigenvalue weighted by Crippen LogP contribution is -2.36. The normalized spacial score (nSPS) is 25.6. The van der Waals surface area contributed by atoms with Crippen LogP contribution in [0.1, 0.15) is 25.5 Å². The number of furan rings is 1. The SMILES string of the molecule is CC1CC(C(=O)O)C(C(=O)N(C)Cc2ccc(Br)o2)C1. The molecular formula is C14H18BrNO4. The van der Waals surface area contributed by atoms with E-state index in [1.54, 1.807) is 24.1 Å². The van der Waals surface area contributed by atoms with Gasteiger partial charge in [-0.1, -0.05) is 6.92 Å². The Kier molecular flexibility index (Phi) is 4.52. The lowest BCUT2D eigenvalue weighted by atomic mass is 9.95. The predicted molar refractivity (Wildman–Crippen MR) is 75.9 cm³/mol. The van der Waals surface area contributed by atoms with E-state index in [-0.39, 0.29) is 11.8 Å². The van der Waals surface area contributed by atoms with E-state index in [0.717, 1.165) is 0 Å². The zero-order valence-electron chi connectivity index (χ0n) is 11.5. The number of carbonyl (C=O) groups excluding carboxylic acids is 1. The van der Waals surface area contributed by atoms with E-state index in [1.165, 1.54) is 0 Å². The number of rotatable bonds is 4. The molecule has 0 bridgehead atoms. The zero-order valence-corrected chi connectivity index (χ0v) is 13.1. The summed E-state index contributed by atoms with van der Waals surface area (Å²) < 4.78 is 5.99. The Balaban J connectivity index is 2.04. The summed E-state index contributed by atoms with van der Waals surface area (Å²) in [7, 11) is 1.68. The van der Waals surface area contributed by atoms with E-state index in [0.29, 0.717) is 29.8 Å². The molecule has 0 radical (unpaired) electrons. The molecule has 0 aliphatic heterocycles. The summed E-state index contributed by atoms with van der Waals surface area (Å²) >= 11 is 3.21.